The summed E-state index contributed by atoms with van der Waals surface area (Å²) in [6.07, 6.45) is 0.253. The SMILES string of the molecule is Cc1cc(C)cc(N2C[C@@H](C(=O)Nc3ccc(C(C)C)cc3)CC2=O)c1. The van der Waals surface area contributed by atoms with Crippen molar-refractivity contribution in [3.8, 4) is 0 Å². The largest absolute Gasteiger partial charge is 0.326 e. The van der Waals surface area contributed by atoms with Crippen LogP contribution in [-0.2, 0) is 9.59 Å². The molecular formula is C22H26N2O2. The van der Waals surface area contributed by atoms with Crippen molar-refractivity contribution in [3.05, 3.63) is 59.2 Å². The van der Waals surface area contributed by atoms with Crippen molar-refractivity contribution in [3.63, 3.8) is 0 Å². The minimum atomic E-state index is -0.326. The van der Waals surface area contributed by atoms with E-state index in [4.69, 9.17) is 0 Å². The molecule has 0 unspecified atom stereocenters. The second-order valence-corrected chi connectivity index (χ2v) is 7.52. The third-order valence-corrected chi connectivity index (χ3v) is 4.86. The average molecular weight is 350 g/mol. The zero-order valence-corrected chi connectivity index (χ0v) is 15.9. The van der Waals surface area contributed by atoms with Crippen LogP contribution in [0.25, 0.3) is 0 Å². The van der Waals surface area contributed by atoms with Crippen LogP contribution in [0, 0.1) is 19.8 Å². The first-order chi connectivity index (χ1) is 12.3. The van der Waals surface area contributed by atoms with Gasteiger partial charge in [-0.05, 0) is 60.7 Å². The molecule has 1 atom stereocenters. The molecule has 2 amide bonds. The zero-order valence-electron chi connectivity index (χ0n) is 15.9. The lowest BCUT2D eigenvalue weighted by Crippen LogP contribution is -2.28. The monoisotopic (exact) mass is 350 g/mol. The topological polar surface area (TPSA) is 49.4 Å². The summed E-state index contributed by atoms with van der Waals surface area (Å²) in [6, 6.07) is 14.0. The van der Waals surface area contributed by atoms with Gasteiger partial charge in [0.05, 0.1) is 5.92 Å². The summed E-state index contributed by atoms with van der Waals surface area (Å²) in [5, 5.41) is 2.95. The van der Waals surface area contributed by atoms with Crippen LogP contribution in [0.1, 0.15) is 42.9 Å². The first-order valence-electron chi connectivity index (χ1n) is 9.13. The Kier molecular flexibility index (Phi) is 5.12. The number of nitrogens with one attached hydrogen (secondary N) is 1. The summed E-state index contributed by atoms with van der Waals surface area (Å²) in [7, 11) is 0. The fourth-order valence-electron chi connectivity index (χ4n) is 3.43. The number of hydrogen-bond donors (Lipinski definition) is 1. The van der Waals surface area contributed by atoms with E-state index < -0.39 is 0 Å². The standard InChI is InChI=1S/C22H26N2O2/c1-14(2)17-5-7-19(8-6-17)23-22(26)18-12-21(25)24(13-18)20-10-15(3)9-16(4)11-20/h5-11,14,18H,12-13H2,1-4H3,(H,23,26)/t18-/m0/s1. The normalized spacial score (nSPS) is 17.0. The first-order valence-corrected chi connectivity index (χ1v) is 9.13. The van der Waals surface area contributed by atoms with E-state index in [1.54, 1.807) is 4.90 Å². The van der Waals surface area contributed by atoms with Crippen molar-refractivity contribution < 1.29 is 9.59 Å². The summed E-state index contributed by atoms with van der Waals surface area (Å²) >= 11 is 0. The number of hydrogen-bond acceptors (Lipinski definition) is 2. The molecule has 1 saturated heterocycles. The first kappa shape index (κ1) is 18.2. The van der Waals surface area contributed by atoms with Gasteiger partial charge in [-0.1, -0.05) is 32.0 Å². The van der Waals surface area contributed by atoms with Gasteiger partial charge in [0.2, 0.25) is 11.8 Å². The molecule has 0 spiro atoms. The minimum Gasteiger partial charge on any atom is -0.326 e. The molecule has 2 aromatic rings. The van der Waals surface area contributed by atoms with Crippen molar-refractivity contribution in [2.45, 2.75) is 40.0 Å². The number of amides is 2. The van der Waals surface area contributed by atoms with Gasteiger partial charge in [0.1, 0.15) is 0 Å². The molecule has 4 nitrogen and oxygen atoms in total. The van der Waals surface area contributed by atoms with E-state index in [9.17, 15) is 9.59 Å². The Morgan fingerprint density at radius 2 is 1.69 bits per heavy atom. The van der Waals surface area contributed by atoms with Crippen LogP contribution in [0.5, 0.6) is 0 Å². The van der Waals surface area contributed by atoms with E-state index in [-0.39, 0.29) is 24.2 Å². The molecule has 0 aromatic heterocycles. The summed E-state index contributed by atoms with van der Waals surface area (Å²) in [5.74, 6) is 0.0412. The highest BCUT2D eigenvalue weighted by Gasteiger charge is 2.35. The number of benzene rings is 2. The summed E-state index contributed by atoms with van der Waals surface area (Å²) in [5.41, 5.74) is 5.12. The Labute approximate surface area is 155 Å². The molecule has 26 heavy (non-hydrogen) atoms. The molecular weight excluding hydrogens is 324 g/mol. The molecule has 136 valence electrons. The van der Waals surface area contributed by atoms with Crippen molar-refractivity contribution in [1.82, 2.24) is 0 Å². The van der Waals surface area contributed by atoms with Gasteiger partial charge in [0.15, 0.2) is 0 Å². The highest BCUT2D eigenvalue weighted by molar-refractivity contribution is 6.03. The Morgan fingerprint density at radius 1 is 1.08 bits per heavy atom. The Morgan fingerprint density at radius 3 is 2.27 bits per heavy atom. The van der Waals surface area contributed by atoms with Gasteiger partial charge in [-0.25, -0.2) is 0 Å². The molecule has 1 aliphatic heterocycles. The molecule has 1 fully saturated rings. The number of carbonyl (C=O) groups is 2. The van der Waals surface area contributed by atoms with Gasteiger partial charge in [-0.2, -0.15) is 0 Å². The molecule has 0 aliphatic carbocycles. The average Bonchev–Trinajstić information content (AvgIpc) is 2.96. The van der Waals surface area contributed by atoms with Crippen LogP contribution in [-0.4, -0.2) is 18.4 Å². The van der Waals surface area contributed by atoms with Crippen LogP contribution in [0.4, 0.5) is 11.4 Å². The van der Waals surface area contributed by atoms with Crippen molar-refractivity contribution >= 4 is 23.2 Å². The fraction of sp³-hybridized carbons (Fsp3) is 0.364. The Bertz CT molecular complexity index is 804. The van der Waals surface area contributed by atoms with Gasteiger partial charge < -0.3 is 10.2 Å². The molecule has 0 radical (unpaired) electrons. The molecule has 0 bridgehead atoms. The fourth-order valence-corrected chi connectivity index (χ4v) is 3.43. The van der Waals surface area contributed by atoms with E-state index >= 15 is 0 Å². The molecule has 1 aliphatic rings. The number of nitrogens with zero attached hydrogens (tertiary/aromatic N) is 1. The molecule has 0 saturated carbocycles. The van der Waals surface area contributed by atoms with Crippen molar-refractivity contribution in [2.75, 3.05) is 16.8 Å². The Hall–Kier alpha value is -2.62. The third kappa shape index (κ3) is 3.96. The third-order valence-electron chi connectivity index (χ3n) is 4.86. The van der Waals surface area contributed by atoms with E-state index in [1.807, 2.05) is 50.2 Å². The van der Waals surface area contributed by atoms with E-state index in [0.717, 1.165) is 22.5 Å². The highest BCUT2D eigenvalue weighted by atomic mass is 16.2. The van der Waals surface area contributed by atoms with Gasteiger partial charge in [-0.15, -0.1) is 0 Å². The van der Waals surface area contributed by atoms with Crippen LogP contribution in [0.15, 0.2) is 42.5 Å². The molecule has 3 rings (SSSR count). The van der Waals surface area contributed by atoms with Crippen LogP contribution < -0.4 is 10.2 Å². The lowest BCUT2D eigenvalue weighted by atomic mass is 10.0. The zero-order chi connectivity index (χ0) is 18.8. The summed E-state index contributed by atoms with van der Waals surface area (Å²) in [4.78, 5) is 26.8. The van der Waals surface area contributed by atoms with Crippen LogP contribution in [0.3, 0.4) is 0 Å². The van der Waals surface area contributed by atoms with Crippen molar-refractivity contribution in [1.29, 1.82) is 0 Å². The van der Waals surface area contributed by atoms with E-state index in [0.29, 0.717) is 12.5 Å². The maximum Gasteiger partial charge on any atom is 0.229 e. The number of aryl methyl sites for hydroxylation is 2. The van der Waals surface area contributed by atoms with Gasteiger partial charge in [0.25, 0.3) is 0 Å². The molecule has 1 heterocycles. The summed E-state index contributed by atoms with van der Waals surface area (Å²) < 4.78 is 0. The lowest BCUT2D eigenvalue weighted by Gasteiger charge is -2.18. The number of anilines is 2. The van der Waals surface area contributed by atoms with E-state index in [1.165, 1.54) is 5.56 Å². The van der Waals surface area contributed by atoms with Gasteiger partial charge in [-0.3, -0.25) is 9.59 Å². The van der Waals surface area contributed by atoms with E-state index in [2.05, 4.69) is 25.2 Å². The number of carbonyl (C=O) groups excluding carboxylic acids is 2. The maximum absolute atomic E-state index is 12.6. The molecule has 2 aromatic carbocycles. The second-order valence-electron chi connectivity index (χ2n) is 7.52. The predicted octanol–water partition coefficient (Wildman–Crippen LogP) is 4.42. The Balaban J connectivity index is 1.68. The molecule has 1 N–H and O–H groups in total. The number of rotatable bonds is 4. The molecule has 4 heteroatoms. The predicted molar refractivity (Wildman–Crippen MR) is 106 cm³/mol. The summed E-state index contributed by atoms with van der Waals surface area (Å²) in [6.45, 7) is 8.74. The maximum atomic E-state index is 12.6. The van der Waals surface area contributed by atoms with Gasteiger partial charge >= 0.3 is 0 Å². The lowest BCUT2D eigenvalue weighted by molar-refractivity contribution is -0.122. The van der Waals surface area contributed by atoms with Crippen LogP contribution in [0.2, 0.25) is 0 Å². The van der Waals surface area contributed by atoms with Crippen LogP contribution >= 0.6 is 0 Å². The quantitative estimate of drug-likeness (QED) is 0.887. The van der Waals surface area contributed by atoms with Crippen molar-refractivity contribution in [2.24, 2.45) is 5.92 Å². The second kappa shape index (κ2) is 7.32. The van der Waals surface area contributed by atoms with Gasteiger partial charge in [0, 0.05) is 24.3 Å². The highest BCUT2D eigenvalue weighted by Crippen LogP contribution is 2.28. The smallest absolute Gasteiger partial charge is 0.229 e. The minimum absolute atomic E-state index is 0.00491.